The van der Waals surface area contributed by atoms with E-state index in [9.17, 15) is 4.21 Å². The average Bonchev–Trinajstić information content (AvgIpc) is 2.94. The Balaban J connectivity index is 1.88. The predicted molar refractivity (Wildman–Crippen MR) is 99.1 cm³/mol. The van der Waals surface area contributed by atoms with Crippen molar-refractivity contribution in [3.8, 4) is 11.5 Å². The minimum absolute atomic E-state index is 0.250. The molecule has 0 saturated carbocycles. The molecule has 2 aromatic rings. The second-order valence-electron chi connectivity index (χ2n) is 5.89. The number of benzene rings is 1. The monoisotopic (exact) mass is 359 g/mol. The van der Waals surface area contributed by atoms with Gasteiger partial charge in [-0.1, -0.05) is 6.07 Å². The van der Waals surface area contributed by atoms with E-state index in [2.05, 4.69) is 9.98 Å². The van der Waals surface area contributed by atoms with Gasteiger partial charge in [0.15, 0.2) is 0 Å². The van der Waals surface area contributed by atoms with Crippen LogP contribution in [0.1, 0.15) is 28.4 Å². The van der Waals surface area contributed by atoms with Crippen molar-refractivity contribution in [3.05, 3.63) is 46.8 Å². The number of fused-ring (bicyclic) bond motifs is 1. The maximum Gasteiger partial charge on any atom is 0.128 e. The van der Waals surface area contributed by atoms with Gasteiger partial charge in [0.2, 0.25) is 0 Å². The van der Waals surface area contributed by atoms with Crippen LogP contribution in [0.2, 0.25) is 0 Å². The lowest BCUT2D eigenvalue weighted by atomic mass is 10.1. The van der Waals surface area contributed by atoms with Crippen LogP contribution in [0.5, 0.6) is 11.5 Å². The third-order valence-corrected chi connectivity index (χ3v) is 5.67. The largest absolute Gasteiger partial charge is 0.497 e. The average molecular weight is 359 g/mol. The quantitative estimate of drug-likeness (QED) is 0.907. The van der Waals surface area contributed by atoms with Gasteiger partial charge in [0, 0.05) is 29.0 Å². The summed E-state index contributed by atoms with van der Waals surface area (Å²) in [5.41, 5.74) is 10.4. The van der Waals surface area contributed by atoms with Crippen molar-refractivity contribution in [2.45, 2.75) is 25.6 Å². The highest BCUT2D eigenvalue weighted by atomic mass is 32.2. The minimum Gasteiger partial charge on any atom is -0.497 e. The van der Waals surface area contributed by atoms with Gasteiger partial charge in [-0.05, 0) is 19.9 Å². The molecule has 0 radical (unpaired) electrons. The van der Waals surface area contributed by atoms with Crippen molar-refractivity contribution in [2.24, 2.45) is 10.7 Å². The molecule has 0 aliphatic carbocycles. The summed E-state index contributed by atoms with van der Waals surface area (Å²) in [7, 11) is 1.85. The van der Waals surface area contributed by atoms with E-state index in [0.29, 0.717) is 16.5 Å². The fourth-order valence-corrected chi connectivity index (χ4v) is 4.24. The first-order valence-corrected chi connectivity index (χ1v) is 9.17. The number of rotatable bonds is 4. The Labute approximate surface area is 149 Å². The molecule has 3 rings (SSSR count). The number of aromatic nitrogens is 1. The molecule has 2 atom stereocenters. The maximum atomic E-state index is 12.9. The summed E-state index contributed by atoms with van der Waals surface area (Å²) < 4.78 is 23.5. The van der Waals surface area contributed by atoms with Gasteiger partial charge in [0.05, 0.1) is 48.2 Å². The van der Waals surface area contributed by atoms with E-state index in [1.54, 1.807) is 26.5 Å². The molecule has 0 saturated heterocycles. The van der Waals surface area contributed by atoms with E-state index >= 15 is 0 Å². The molecule has 0 fully saturated rings. The lowest BCUT2D eigenvalue weighted by Gasteiger charge is -2.13. The molecule has 1 aliphatic rings. The van der Waals surface area contributed by atoms with Crippen LogP contribution < -0.4 is 15.2 Å². The summed E-state index contributed by atoms with van der Waals surface area (Å²) >= 11 is 0. The Morgan fingerprint density at radius 1 is 1.24 bits per heavy atom. The summed E-state index contributed by atoms with van der Waals surface area (Å²) in [5.74, 6) is 1.72. The van der Waals surface area contributed by atoms with E-state index in [1.807, 2.05) is 26.0 Å². The zero-order valence-electron chi connectivity index (χ0n) is 14.7. The van der Waals surface area contributed by atoms with Crippen molar-refractivity contribution in [1.82, 2.24) is 4.98 Å². The van der Waals surface area contributed by atoms with E-state index < -0.39 is 16.8 Å². The zero-order valence-corrected chi connectivity index (χ0v) is 15.5. The summed E-state index contributed by atoms with van der Waals surface area (Å²) in [5, 5.41) is 0.462. The lowest BCUT2D eigenvalue weighted by molar-refractivity contribution is 0.407. The Bertz CT molecular complexity index is 880. The molecule has 0 amide bonds. The number of hydrogen-bond acceptors (Lipinski definition) is 6. The molecular formula is C18H21N3O3S. The number of nitrogens with two attached hydrogens (primary N) is 1. The van der Waals surface area contributed by atoms with Gasteiger partial charge < -0.3 is 15.2 Å². The molecule has 7 heteroatoms. The molecule has 0 spiro atoms. The minimum atomic E-state index is -1.37. The normalized spacial score (nSPS) is 17.0. The van der Waals surface area contributed by atoms with Gasteiger partial charge in [-0.15, -0.1) is 0 Å². The third kappa shape index (κ3) is 3.17. The van der Waals surface area contributed by atoms with Gasteiger partial charge in [0.1, 0.15) is 16.5 Å². The summed E-state index contributed by atoms with van der Waals surface area (Å²) in [6, 6.07) is 5.02. The first kappa shape index (κ1) is 17.6. The summed E-state index contributed by atoms with van der Waals surface area (Å²) in [6.45, 7) is 3.85. The van der Waals surface area contributed by atoms with Gasteiger partial charge in [0.25, 0.3) is 0 Å². The molecule has 1 aliphatic heterocycles. The van der Waals surface area contributed by atoms with Crippen LogP contribution >= 0.6 is 0 Å². The SMILES string of the molecule is COc1ccc2c(c1)N=C(S(=O)Cc1ncc(C)c(OC)c1C)C2N. The number of pyridine rings is 1. The molecular weight excluding hydrogens is 338 g/mol. The van der Waals surface area contributed by atoms with Crippen LogP contribution in [-0.2, 0) is 16.6 Å². The first-order chi connectivity index (χ1) is 12.0. The Morgan fingerprint density at radius 2 is 2.00 bits per heavy atom. The topological polar surface area (TPSA) is 86.8 Å². The van der Waals surface area contributed by atoms with E-state index in [0.717, 1.165) is 28.1 Å². The van der Waals surface area contributed by atoms with E-state index in [1.165, 1.54) is 0 Å². The first-order valence-electron chi connectivity index (χ1n) is 7.85. The molecule has 2 unspecified atom stereocenters. The number of aliphatic imine (C=N–C) groups is 1. The van der Waals surface area contributed by atoms with Crippen LogP contribution in [0.15, 0.2) is 29.4 Å². The summed E-state index contributed by atoms with van der Waals surface area (Å²) in [6.07, 6.45) is 1.73. The standard InChI is InChI=1S/C18H21N3O3S/c1-10-8-20-15(11(2)17(10)24-4)9-25(22)18-16(19)13-6-5-12(23-3)7-14(13)21-18/h5-8,16H,9,19H2,1-4H3. The van der Waals surface area contributed by atoms with Crippen molar-refractivity contribution in [3.63, 3.8) is 0 Å². The molecule has 132 valence electrons. The number of nitrogens with zero attached hydrogens (tertiary/aromatic N) is 2. The van der Waals surface area contributed by atoms with Crippen molar-refractivity contribution in [1.29, 1.82) is 0 Å². The molecule has 25 heavy (non-hydrogen) atoms. The number of aryl methyl sites for hydroxylation is 1. The van der Waals surface area contributed by atoms with Gasteiger partial charge in [-0.25, -0.2) is 4.99 Å². The van der Waals surface area contributed by atoms with E-state index in [-0.39, 0.29) is 5.75 Å². The van der Waals surface area contributed by atoms with Gasteiger partial charge in [-0.3, -0.25) is 9.19 Å². The Kier molecular flexibility index (Phi) is 4.87. The maximum absolute atomic E-state index is 12.9. The molecule has 2 heterocycles. The zero-order chi connectivity index (χ0) is 18.1. The smallest absolute Gasteiger partial charge is 0.128 e. The highest BCUT2D eigenvalue weighted by molar-refractivity contribution is 8.00. The van der Waals surface area contributed by atoms with Crippen LogP contribution in [0, 0.1) is 13.8 Å². The van der Waals surface area contributed by atoms with E-state index in [4.69, 9.17) is 15.2 Å². The van der Waals surface area contributed by atoms with Crippen LogP contribution in [-0.4, -0.2) is 28.5 Å². The second kappa shape index (κ2) is 6.93. The highest BCUT2D eigenvalue weighted by Gasteiger charge is 2.29. The highest BCUT2D eigenvalue weighted by Crippen LogP contribution is 2.37. The number of methoxy groups -OCH3 is 2. The fraction of sp³-hybridized carbons (Fsp3) is 0.333. The lowest BCUT2D eigenvalue weighted by Crippen LogP contribution is -2.23. The second-order valence-corrected chi connectivity index (χ2v) is 7.29. The number of ether oxygens (including phenoxy) is 2. The molecule has 1 aromatic carbocycles. The van der Waals surface area contributed by atoms with Crippen LogP contribution in [0.3, 0.4) is 0 Å². The number of hydrogen-bond donors (Lipinski definition) is 1. The van der Waals surface area contributed by atoms with Crippen molar-refractivity contribution >= 4 is 21.5 Å². The Hall–Kier alpha value is -2.25. The Morgan fingerprint density at radius 3 is 2.68 bits per heavy atom. The molecule has 2 N–H and O–H groups in total. The molecule has 6 nitrogen and oxygen atoms in total. The van der Waals surface area contributed by atoms with Crippen molar-refractivity contribution < 1.29 is 13.7 Å². The predicted octanol–water partition coefficient (Wildman–Crippen LogP) is 2.71. The van der Waals surface area contributed by atoms with Crippen LogP contribution in [0.25, 0.3) is 0 Å². The summed E-state index contributed by atoms with van der Waals surface area (Å²) in [4.78, 5) is 8.89. The van der Waals surface area contributed by atoms with Gasteiger partial charge in [-0.2, -0.15) is 0 Å². The van der Waals surface area contributed by atoms with Gasteiger partial charge >= 0.3 is 0 Å². The van der Waals surface area contributed by atoms with Crippen LogP contribution in [0.4, 0.5) is 5.69 Å². The molecule has 1 aromatic heterocycles. The fourth-order valence-electron chi connectivity index (χ4n) is 2.94. The molecule has 0 bridgehead atoms. The third-order valence-electron chi connectivity index (χ3n) is 4.32. The van der Waals surface area contributed by atoms with Crippen molar-refractivity contribution in [2.75, 3.05) is 14.2 Å².